The van der Waals surface area contributed by atoms with E-state index in [1.165, 1.54) is 6.07 Å². The molecule has 0 aliphatic heterocycles. The van der Waals surface area contributed by atoms with Gasteiger partial charge in [-0.05, 0) is 43.7 Å². The van der Waals surface area contributed by atoms with Crippen LogP contribution in [-0.2, 0) is 0 Å². The Kier molecular flexibility index (Phi) is 3.22. The first kappa shape index (κ1) is 13.1. The fraction of sp³-hybridized carbons (Fsp3) is 0.188. The zero-order valence-electron chi connectivity index (χ0n) is 11.3. The predicted molar refractivity (Wildman–Crippen MR) is 80.0 cm³/mol. The molecule has 1 aromatic heterocycles. The summed E-state index contributed by atoms with van der Waals surface area (Å²) < 4.78 is 15.7. The average Bonchev–Trinajstić information content (AvgIpc) is 2.81. The van der Waals surface area contributed by atoms with E-state index in [2.05, 4.69) is 4.98 Å². The molecule has 0 saturated heterocycles. The van der Waals surface area contributed by atoms with E-state index in [0.29, 0.717) is 5.56 Å². The van der Waals surface area contributed by atoms with Crippen LogP contribution in [-0.4, -0.2) is 9.55 Å². The second-order valence-corrected chi connectivity index (χ2v) is 5.50. The van der Waals surface area contributed by atoms with Gasteiger partial charge in [0.2, 0.25) is 0 Å². The van der Waals surface area contributed by atoms with Gasteiger partial charge in [-0.1, -0.05) is 18.2 Å². The third kappa shape index (κ3) is 2.08. The highest BCUT2D eigenvalue weighted by atomic mass is 35.5. The maximum Gasteiger partial charge on any atom is 0.132 e. The van der Waals surface area contributed by atoms with Crippen LogP contribution < -0.4 is 0 Å². The Hall–Kier alpha value is -1.87. The summed E-state index contributed by atoms with van der Waals surface area (Å²) in [6, 6.07) is 12.9. The number of fused-ring (bicyclic) bond motifs is 1. The van der Waals surface area contributed by atoms with Crippen molar-refractivity contribution in [2.24, 2.45) is 0 Å². The molecule has 1 unspecified atom stereocenters. The van der Waals surface area contributed by atoms with Gasteiger partial charge >= 0.3 is 0 Å². The molecular weight excluding hydrogens is 275 g/mol. The van der Waals surface area contributed by atoms with Gasteiger partial charge in [0.25, 0.3) is 0 Å². The topological polar surface area (TPSA) is 17.8 Å². The summed E-state index contributed by atoms with van der Waals surface area (Å²) in [5, 5.41) is -0.258. The number of hydrogen-bond acceptors (Lipinski definition) is 1. The summed E-state index contributed by atoms with van der Waals surface area (Å²) in [7, 11) is 0. The molecule has 0 saturated carbocycles. The maximum absolute atomic E-state index is 13.8. The minimum Gasteiger partial charge on any atom is -0.295 e. The van der Waals surface area contributed by atoms with Crippen molar-refractivity contribution in [2.75, 3.05) is 0 Å². The van der Waals surface area contributed by atoms with Crippen LogP contribution in [0.15, 0.2) is 42.5 Å². The highest BCUT2D eigenvalue weighted by molar-refractivity contribution is 6.20. The van der Waals surface area contributed by atoms with Crippen LogP contribution >= 0.6 is 11.6 Å². The molecule has 0 radical (unpaired) electrons. The van der Waals surface area contributed by atoms with Crippen LogP contribution in [0.25, 0.3) is 16.7 Å². The molecule has 0 aliphatic rings. The predicted octanol–water partition coefficient (Wildman–Crippen LogP) is 4.77. The number of alkyl halides is 1. The highest BCUT2D eigenvalue weighted by Crippen LogP contribution is 2.28. The van der Waals surface area contributed by atoms with E-state index >= 15 is 0 Å². The number of aryl methyl sites for hydroxylation is 1. The Bertz CT molecular complexity index is 777. The molecule has 3 aromatic rings. The zero-order valence-corrected chi connectivity index (χ0v) is 12.0. The first-order chi connectivity index (χ1) is 9.58. The molecule has 0 N–H and O–H groups in total. The Balaban J connectivity index is 2.33. The van der Waals surface area contributed by atoms with E-state index in [0.717, 1.165) is 22.5 Å². The van der Waals surface area contributed by atoms with E-state index in [-0.39, 0.29) is 11.2 Å². The quantitative estimate of drug-likeness (QED) is 0.621. The molecule has 0 aliphatic carbocycles. The van der Waals surface area contributed by atoms with Crippen LogP contribution in [0, 0.1) is 12.7 Å². The number of imidazole rings is 1. The standard InChI is InChI=1S/C16H14ClFN2/c1-10-7-8-12(9-13(10)18)20-15-6-4-3-5-14(15)19-16(20)11(2)17/h3-9,11H,1-2H3. The third-order valence-electron chi connectivity index (χ3n) is 3.36. The largest absolute Gasteiger partial charge is 0.295 e. The Morgan fingerprint density at radius 1 is 1.20 bits per heavy atom. The van der Waals surface area contributed by atoms with Crippen LogP contribution in [0.3, 0.4) is 0 Å². The molecule has 0 amide bonds. The first-order valence-corrected chi connectivity index (χ1v) is 6.89. The lowest BCUT2D eigenvalue weighted by Crippen LogP contribution is -2.02. The molecule has 1 heterocycles. The lowest BCUT2D eigenvalue weighted by molar-refractivity contribution is 0.617. The molecule has 4 heteroatoms. The Labute approximate surface area is 121 Å². The van der Waals surface area contributed by atoms with Crippen molar-refractivity contribution in [3.05, 3.63) is 59.7 Å². The van der Waals surface area contributed by atoms with Crippen LogP contribution in [0.2, 0.25) is 0 Å². The van der Waals surface area contributed by atoms with Gasteiger partial charge in [-0.2, -0.15) is 0 Å². The maximum atomic E-state index is 13.8. The van der Waals surface area contributed by atoms with Crippen molar-refractivity contribution in [3.63, 3.8) is 0 Å². The van der Waals surface area contributed by atoms with Crippen molar-refractivity contribution in [1.29, 1.82) is 0 Å². The van der Waals surface area contributed by atoms with Crippen LogP contribution in [0.4, 0.5) is 4.39 Å². The summed E-state index contributed by atoms with van der Waals surface area (Å²) in [5.41, 5.74) is 3.15. The van der Waals surface area contributed by atoms with Crippen molar-refractivity contribution in [2.45, 2.75) is 19.2 Å². The second-order valence-electron chi connectivity index (χ2n) is 4.84. The number of benzene rings is 2. The van der Waals surface area contributed by atoms with Gasteiger partial charge in [-0.3, -0.25) is 4.57 Å². The minimum absolute atomic E-state index is 0.228. The number of hydrogen-bond donors (Lipinski definition) is 0. The molecular formula is C16H14ClFN2. The van der Waals surface area contributed by atoms with Crippen molar-refractivity contribution >= 4 is 22.6 Å². The summed E-state index contributed by atoms with van der Waals surface area (Å²) in [6.45, 7) is 3.61. The van der Waals surface area contributed by atoms with Crippen molar-refractivity contribution in [1.82, 2.24) is 9.55 Å². The molecule has 2 nitrogen and oxygen atoms in total. The molecule has 2 aromatic carbocycles. The van der Waals surface area contributed by atoms with Gasteiger partial charge < -0.3 is 0 Å². The number of nitrogens with zero attached hydrogens (tertiary/aromatic N) is 2. The van der Waals surface area contributed by atoms with E-state index in [1.54, 1.807) is 13.0 Å². The molecule has 102 valence electrons. The monoisotopic (exact) mass is 288 g/mol. The average molecular weight is 289 g/mol. The van der Waals surface area contributed by atoms with E-state index in [4.69, 9.17) is 11.6 Å². The number of aromatic nitrogens is 2. The fourth-order valence-corrected chi connectivity index (χ4v) is 2.45. The highest BCUT2D eigenvalue weighted by Gasteiger charge is 2.16. The van der Waals surface area contributed by atoms with Gasteiger partial charge in [-0.15, -0.1) is 11.6 Å². The number of para-hydroxylation sites is 2. The fourth-order valence-electron chi connectivity index (χ4n) is 2.30. The van der Waals surface area contributed by atoms with E-state index in [1.807, 2.05) is 41.8 Å². The number of halogens is 2. The summed E-state index contributed by atoms with van der Waals surface area (Å²) >= 11 is 6.22. The van der Waals surface area contributed by atoms with Gasteiger partial charge in [0.05, 0.1) is 22.1 Å². The smallest absolute Gasteiger partial charge is 0.132 e. The van der Waals surface area contributed by atoms with Gasteiger partial charge in [-0.25, -0.2) is 9.37 Å². The molecule has 1 atom stereocenters. The van der Waals surface area contributed by atoms with Gasteiger partial charge in [0.15, 0.2) is 0 Å². The third-order valence-corrected chi connectivity index (χ3v) is 3.55. The molecule has 0 spiro atoms. The summed E-state index contributed by atoms with van der Waals surface area (Å²) in [5.74, 6) is 0.490. The SMILES string of the molecule is Cc1ccc(-n2c(C(C)Cl)nc3ccccc32)cc1F. The van der Waals surface area contributed by atoms with Crippen LogP contribution in [0.1, 0.15) is 23.7 Å². The van der Waals surface area contributed by atoms with E-state index < -0.39 is 0 Å². The van der Waals surface area contributed by atoms with Gasteiger partial charge in [0, 0.05) is 0 Å². The lowest BCUT2D eigenvalue weighted by Gasteiger charge is -2.11. The summed E-state index contributed by atoms with van der Waals surface area (Å²) in [6.07, 6.45) is 0. The van der Waals surface area contributed by atoms with Crippen LogP contribution in [0.5, 0.6) is 0 Å². The normalized spacial score (nSPS) is 12.8. The molecule has 3 rings (SSSR count). The zero-order chi connectivity index (χ0) is 14.3. The van der Waals surface area contributed by atoms with Crippen molar-refractivity contribution < 1.29 is 4.39 Å². The second kappa shape index (κ2) is 4.91. The minimum atomic E-state index is -0.258. The molecule has 20 heavy (non-hydrogen) atoms. The van der Waals surface area contributed by atoms with Crippen molar-refractivity contribution in [3.8, 4) is 5.69 Å². The Morgan fingerprint density at radius 2 is 1.95 bits per heavy atom. The van der Waals surface area contributed by atoms with E-state index in [9.17, 15) is 4.39 Å². The molecule has 0 bridgehead atoms. The van der Waals surface area contributed by atoms with Gasteiger partial charge in [0.1, 0.15) is 11.6 Å². The lowest BCUT2D eigenvalue weighted by atomic mass is 10.2. The summed E-state index contributed by atoms with van der Waals surface area (Å²) in [4.78, 5) is 4.55. The molecule has 0 fully saturated rings. The number of rotatable bonds is 2. The first-order valence-electron chi connectivity index (χ1n) is 6.46. The Morgan fingerprint density at radius 3 is 2.65 bits per heavy atom.